The molecule has 0 amide bonds. The minimum absolute atomic E-state index is 0.588. The fraction of sp³-hybridized carbons (Fsp3) is 0.167. The summed E-state index contributed by atoms with van der Waals surface area (Å²) in [4.78, 5) is 0. The number of benzene rings is 2. The van der Waals surface area contributed by atoms with Crippen molar-refractivity contribution in [2.45, 2.75) is 5.33 Å². The minimum atomic E-state index is 0.588. The highest BCUT2D eigenvalue weighted by atomic mass is 79.9. The zero-order valence-corrected chi connectivity index (χ0v) is 13.9. The molecule has 4 nitrogen and oxygen atoms in total. The van der Waals surface area contributed by atoms with Crippen molar-refractivity contribution in [3.63, 3.8) is 0 Å². The molecule has 0 fully saturated rings. The Kier molecular flexibility index (Phi) is 3.79. The predicted octanol–water partition coefficient (Wildman–Crippen LogP) is 4.67. The second kappa shape index (κ2) is 6.08. The van der Waals surface area contributed by atoms with Crippen LogP contribution in [0.3, 0.4) is 0 Å². The van der Waals surface area contributed by atoms with E-state index in [9.17, 15) is 0 Å². The number of fused-ring (bicyclic) bond motifs is 1. The summed E-state index contributed by atoms with van der Waals surface area (Å²) < 4.78 is 16.5. The number of ether oxygens (including phenoxy) is 2. The number of rotatable bonds is 3. The number of aromatic nitrogens is 1. The van der Waals surface area contributed by atoms with Crippen LogP contribution in [0.2, 0.25) is 0 Å². The van der Waals surface area contributed by atoms with Crippen LogP contribution in [-0.4, -0.2) is 18.4 Å². The van der Waals surface area contributed by atoms with E-state index in [2.05, 4.69) is 33.2 Å². The van der Waals surface area contributed by atoms with Gasteiger partial charge in [-0.3, -0.25) is 0 Å². The molecule has 2 heterocycles. The molecule has 4 rings (SSSR count). The standard InChI is InChI=1S/C18H14BrNO3/c19-11-15-10-16(20-23-15)14-3-1-2-12(8-14)13-4-5-17-18(9-13)22-7-6-21-17/h1-5,8-10H,6-7,11H2. The smallest absolute Gasteiger partial charge is 0.161 e. The summed E-state index contributed by atoms with van der Waals surface area (Å²) in [5.74, 6) is 2.40. The second-order valence-corrected chi connectivity index (χ2v) is 5.81. The van der Waals surface area contributed by atoms with Crippen molar-refractivity contribution in [1.82, 2.24) is 5.16 Å². The van der Waals surface area contributed by atoms with E-state index in [4.69, 9.17) is 14.0 Å². The van der Waals surface area contributed by atoms with Crippen LogP contribution in [0.5, 0.6) is 11.5 Å². The second-order valence-electron chi connectivity index (χ2n) is 5.25. The van der Waals surface area contributed by atoms with E-state index in [0.29, 0.717) is 18.5 Å². The van der Waals surface area contributed by atoms with Gasteiger partial charge in [0.25, 0.3) is 0 Å². The maximum atomic E-state index is 5.66. The lowest BCUT2D eigenvalue weighted by molar-refractivity contribution is 0.171. The van der Waals surface area contributed by atoms with Crippen molar-refractivity contribution < 1.29 is 14.0 Å². The normalized spacial score (nSPS) is 13.1. The summed E-state index contributed by atoms with van der Waals surface area (Å²) in [7, 11) is 0. The Morgan fingerprint density at radius 3 is 2.48 bits per heavy atom. The Balaban J connectivity index is 1.71. The van der Waals surface area contributed by atoms with E-state index in [-0.39, 0.29) is 0 Å². The number of hydrogen-bond acceptors (Lipinski definition) is 4. The predicted molar refractivity (Wildman–Crippen MR) is 91.0 cm³/mol. The van der Waals surface area contributed by atoms with E-state index in [1.807, 2.05) is 36.4 Å². The van der Waals surface area contributed by atoms with Crippen LogP contribution < -0.4 is 9.47 Å². The van der Waals surface area contributed by atoms with Crippen molar-refractivity contribution in [3.05, 3.63) is 54.3 Å². The highest BCUT2D eigenvalue weighted by Crippen LogP contribution is 2.35. The van der Waals surface area contributed by atoms with Gasteiger partial charge in [-0.2, -0.15) is 0 Å². The van der Waals surface area contributed by atoms with Gasteiger partial charge < -0.3 is 14.0 Å². The number of nitrogens with zero attached hydrogens (tertiary/aromatic N) is 1. The van der Waals surface area contributed by atoms with E-state index >= 15 is 0 Å². The van der Waals surface area contributed by atoms with Crippen molar-refractivity contribution in [3.8, 4) is 33.9 Å². The van der Waals surface area contributed by atoms with Gasteiger partial charge in [0.2, 0.25) is 0 Å². The summed E-state index contributed by atoms with van der Waals surface area (Å²) in [5.41, 5.74) is 4.04. The third kappa shape index (κ3) is 2.84. The molecule has 0 aliphatic carbocycles. The van der Waals surface area contributed by atoms with E-state index in [0.717, 1.165) is 39.6 Å². The molecule has 1 aliphatic heterocycles. The fourth-order valence-electron chi connectivity index (χ4n) is 2.59. The first kappa shape index (κ1) is 14.3. The van der Waals surface area contributed by atoms with E-state index in [1.54, 1.807) is 0 Å². The van der Waals surface area contributed by atoms with Crippen LogP contribution in [0.4, 0.5) is 0 Å². The fourth-order valence-corrected chi connectivity index (χ4v) is 2.86. The minimum Gasteiger partial charge on any atom is -0.486 e. The van der Waals surface area contributed by atoms with Crippen molar-refractivity contribution in [1.29, 1.82) is 0 Å². The molecule has 0 atom stereocenters. The molecule has 1 aromatic heterocycles. The van der Waals surface area contributed by atoms with E-state index in [1.165, 1.54) is 0 Å². The monoisotopic (exact) mass is 371 g/mol. The first-order valence-corrected chi connectivity index (χ1v) is 8.47. The van der Waals surface area contributed by atoms with Crippen molar-refractivity contribution >= 4 is 15.9 Å². The average molecular weight is 372 g/mol. The third-order valence-corrected chi connectivity index (χ3v) is 4.28. The zero-order valence-electron chi connectivity index (χ0n) is 12.3. The lowest BCUT2D eigenvalue weighted by Crippen LogP contribution is -2.15. The molecule has 0 saturated carbocycles. The lowest BCUT2D eigenvalue weighted by atomic mass is 10.0. The Bertz CT molecular complexity index is 844. The molecule has 3 aromatic rings. The maximum absolute atomic E-state index is 5.66. The van der Waals surface area contributed by atoms with Gasteiger partial charge >= 0.3 is 0 Å². The molecule has 0 N–H and O–H groups in total. The van der Waals surface area contributed by atoms with Crippen LogP contribution in [0.15, 0.2) is 53.1 Å². The Morgan fingerprint density at radius 2 is 1.65 bits per heavy atom. The molecular formula is C18H14BrNO3. The topological polar surface area (TPSA) is 44.5 Å². The third-order valence-electron chi connectivity index (χ3n) is 3.72. The summed E-state index contributed by atoms with van der Waals surface area (Å²) in [5, 5.41) is 4.77. The molecule has 0 spiro atoms. The number of halogens is 1. The van der Waals surface area contributed by atoms with Gasteiger partial charge in [0.1, 0.15) is 24.7 Å². The van der Waals surface area contributed by atoms with Crippen LogP contribution in [0.1, 0.15) is 5.76 Å². The lowest BCUT2D eigenvalue weighted by Gasteiger charge is -2.19. The highest BCUT2D eigenvalue weighted by Gasteiger charge is 2.13. The summed E-state index contributed by atoms with van der Waals surface area (Å²) in [6.07, 6.45) is 0. The highest BCUT2D eigenvalue weighted by molar-refractivity contribution is 9.08. The Labute approximate surface area is 142 Å². The molecule has 116 valence electrons. The first-order valence-electron chi connectivity index (χ1n) is 7.35. The summed E-state index contributed by atoms with van der Waals surface area (Å²) in [6, 6.07) is 16.2. The van der Waals surface area contributed by atoms with Crippen molar-refractivity contribution in [2.75, 3.05) is 13.2 Å². The molecular weight excluding hydrogens is 358 g/mol. The molecule has 2 aromatic carbocycles. The molecule has 0 saturated heterocycles. The van der Waals surface area contributed by atoms with E-state index < -0.39 is 0 Å². The van der Waals surface area contributed by atoms with Gasteiger partial charge in [-0.15, -0.1) is 0 Å². The molecule has 0 radical (unpaired) electrons. The van der Waals surface area contributed by atoms with Gasteiger partial charge in [-0.1, -0.05) is 45.4 Å². The van der Waals surface area contributed by atoms with Gasteiger partial charge in [-0.25, -0.2) is 0 Å². The number of hydrogen-bond donors (Lipinski definition) is 0. The van der Waals surface area contributed by atoms with Gasteiger partial charge in [0, 0.05) is 11.6 Å². The first-order chi connectivity index (χ1) is 11.3. The molecule has 0 bridgehead atoms. The SMILES string of the molecule is BrCc1cc(-c2cccc(-c3ccc4c(c3)OCCO4)c2)no1. The van der Waals surface area contributed by atoms with Crippen LogP contribution in [-0.2, 0) is 5.33 Å². The quantitative estimate of drug-likeness (QED) is 0.627. The Morgan fingerprint density at radius 1 is 0.870 bits per heavy atom. The zero-order chi connectivity index (χ0) is 15.6. The summed E-state index contributed by atoms with van der Waals surface area (Å²) >= 11 is 3.37. The maximum Gasteiger partial charge on any atom is 0.161 e. The van der Waals surface area contributed by atoms with Crippen LogP contribution in [0, 0.1) is 0 Å². The molecule has 23 heavy (non-hydrogen) atoms. The Hall–Kier alpha value is -2.27. The molecule has 5 heteroatoms. The number of alkyl halides is 1. The average Bonchev–Trinajstić information content (AvgIpc) is 3.11. The molecule has 1 aliphatic rings. The van der Waals surface area contributed by atoms with Gasteiger partial charge in [-0.05, 0) is 29.3 Å². The largest absolute Gasteiger partial charge is 0.486 e. The van der Waals surface area contributed by atoms with Gasteiger partial charge in [0.15, 0.2) is 11.5 Å². The molecule has 0 unspecified atom stereocenters. The summed E-state index contributed by atoms with van der Waals surface area (Å²) in [6.45, 7) is 1.19. The van der Waals surface area contributed by atoms with Gasteiger partial charge in [0.05, 0.1) is 5.33 Å². The van der Waals surface area contributed by atoms with Crippen LogP contribution in [0.25, 0.3) is 22.4 Å². The van der Waals surface area contributed by atoms with Crippen molar-refractivity contribution in [2.24, 2.45) is 0 Å². The van der Waals surface area contributed by atoms with Crippen LogP contribution >= 0.6 is 15.9 Å².